The van der Waals surface area contributed by atoms with Gasteiger partial charge in [-0.15, -0.1) is 0 Å². The van der Waals surface area contributed by atoms with Crippen molar-refractivity contribution in [2.45, 2.75) is 45.1 Å². The summed E-state index contributed by atoms with van der Waals surface area (Å²) in [4.78, 5) is 25.8. The van der Waals surface area contributed by atoms with Crippen molar-refractivity contribution in [1.82, 2.24) is 14.9 Å². The summed E-state index contributed by atoms with van der Waals surface area (Å²) in [5, 5.41) is 5.63. The number of nitrogens with one attached hydrogen (secondary N) is 2. The van der Waals surface area contributed by atoms with E-state index in [-0.39, 0.29) is 22.3 Å². The molecule has 0 fully saturated rings. The highest BCUT2D eigenvalue weighted by Gasteiger charge is 2.26. The van der Waals surface area contributed by atoms with Gasteiger partial charge in [0.05, 0.1) is 12.0 Å². The maximum atomic E-state index is 12.9. The van der Waals surface area contributed by atoms with Crippen LogP contribution in [0.1, 0.15) is 43.6 Å². The number of ether oxygens (including phenoxy) is 1. The molecule has 0 bridgehead atoms. The van der Waals surface area contributed by atoms with Gasteiger partial charge in [0.25, 0.3) is 5.91 Å². The molecule has 2 rings (SSSR count). The Morgan fingerprint density at radius 3 is 2.32 bits per heavy atom. The first-order valence-electron chi connectivity index (χ1n) is 11.5. The molecule has 0 aliphatic heterocycles. The fraction of sp³-hybridized carbons (Fsp3) is 0.440. The smallest absolute Gasteiger partial charge is 0.251 e. The summed E-state index contributed by atoms with van der Waals surface area (Å²) in [6, 6.07) is 12.7. The van der Waals surface area contributed by atoms with E-state index in [1.807, 2.05) is 38.1 Å². The molecule has 2 aromatic rings. The number of carbonyl (C=O) groups excluding carboxylic acids is 2. The van der Waals surface area contributed by atoms with E-state index in [2.05, 4.69) is 10.6 Å². The van der Waals surface area contributed by atoms with Gasteiger partial charge in [0.1, 0.15) is 11.8 Å². The van der Waals surface area contributed by atoms with Gasteiger partial charge in [-0.05, 0) is 42.2 Å². The summed E-state index contributed by atoms with van der Waals surface area (Å²) in [6.07, 6.45) is 0.583. The number of sulfonamides is 1. The van der Waals surface area contributed by atoms with Crippen LogP contribution in [0.15, 0.2) is 53.4 Å². The Hall–Kier alpha value is -2.91. The Morgan fingerprint density at radius 1 is 1.03 bits per heavy atom. The molecule has 2 N–H and O–H groups in total. The van der Waals surface area contributed by atoms with Gasteiger partial charge in [0.2, 0.25) is 15.9 Å². The van der Waals surface area contributed by atoms with Crippen LogP contribution in [0.25, 0.3) is 0 Å². The second kappa shape index (κ2) is 12.5. The van der Waals surface area contributed by atoms with Gasteiger partial charge < -0.3 is 15.4 Å². The maximum Gasteiger partial charge on any atom is 0.251 e. The molecule has 0 aliphatic carbocycles. The van der Waals surface area contributed by atoms with Crippen molar-refractivity contribution in [2.75, 3.05) is 26.7 Å². The third-order valence-electron chi connectivity index (χ3n) is 5.56. The third-order valence-corrected chi connectivity index (χ3v) is 7.61. The molecule has 0 spiro atoms. The van der Waals surface area contributed by atoms with E-state index in [0.29, 0.717) is 26.1 Å². The first kappa shape index (κ1) is 27.3. The molecule has 1 atom stereocenters. The third kappa shape index (κ3) is 6.80. The van der Waals surface area contributed by atoms with E-state index in [1.165, 1.54) is 28.6 Å². The molecule has 0 saturated carbocycles. The molecule has 0 aliphatic rings. The lowest BCUT2D eigenvalue weighted by molar-refractivity contribution is -0.123. The van der Waals surface area contributed by atoms with Crippen molar-refractivity contribution in [1.29, 1.82) is 0 Å². The molecule has 9 heteroatoms. The highest BCUT2D eigenvalue weighted by Crippen LogP contribution is 2.18. The summed E-state index contributed by atoms with van der Waals surface area (Å²) in [5.41, 5.74) is 1.15. The van der Waals surface area contributed by atoms with Gasteiger partial charge in [-0.2, -0.15) is 4.31 Å². The van der Waals surface area contributed by atoms with Crippen molar-refractivity contribution in [3.8, 4) is 5.75 Å². The van der Waals surface area contributed by atoms with Gasteiger partial charge in [-0.25, -0.2) is 8.42 Å². The number of benzene rings is 2. The lowest BCUT2D eigenvalue weighted by Gasteiger charge is -2.22. The fourth-order valence-electron chi connectivity index (χ4n) is 3.61. The number of nitrogens with zero attached hydrogens (tertiary/aromatic N) is 1. The zero-order valence-corrected chi connectivity index (χ0v) is 21.3. The molecule has 0 saturated heterocycles. The van der Waals surface area contributed by atoms with E-state index in [4.69, 9.17) is 4.74 Å². The van der Waals surface area contributed by atoms with Gasteiger partial charge in [0.15, 0.2) is 0 Å². The SMILES string of the molecule is CCN(CC)S(=O)(=O)c1cccc(C(=O)NC(C(=O)NCCc2ccccc2OC)C(C)C)c1. The Kier molecular flexibility index (Phi) is 10.1. The summed E-state index contributed by atoms with van der Waals surface area (Å²) in [7, 11) is -2.10. The van der Waals surface area contributed by atoms with Crippen LogP contribution in [0.3, 0.4) is 0 Å². The number of amides is 2. The van der Waals surface area contributed by atoms with Crippen LogP contribution in [-0.2, 0) is 21.2 Å². The second-order valence-corrected chi connectivity index (χ2v) is 10.1. The molecule has 2 aromatic carbocycles. The molecule has 1 unspecified atom stereocenters. The Morgan fingerprint density at radius 2 is 1.71 bits per heavy atom. The van der Waals surface area contributed by atoms with Gasteiger partial charge >= 0.3 is 0 Å². The normalized spacial score (nSPS) is 12.4. The van der Waals surface area contributed by atoms with Crippen LogP contribution in [0.2, 0.25) is 0 Å². The lowest BCUT2D eigenvalue weighted by atomic mass is 10.0. The predicted molar refractivity (Wildman–Crippen MR) is 132 cm³/mol. The van der Waals surface area contributed by atoms with Crippen LogP contribution < -0.4 is 15.4 Å². The van der Waals surface area contributed by atoms with E-state index in [1.54, 1.807) is 21.0 Å². The van der Waals surface area contributed by atoms with E-state index < -0.39 is 22.0 Å². The largest absolute Gasteiger partial charge is 0.496 e. The minimum absolute atomic E-state index is 0.0474. The van der Waals surface area contributed by atoms with Crippen LogP contribution in [0.5, 0.6) is 5.75 Å². The highest BCUT2D eigenvalue weighted by molar-refractivity contribution is 7.89. The molecule has 0 aromatic heterocycles. The van der Waals surface area contributed by atoms with Crippen molar-refractivity contribution < 1.29 is 22.7 Å². The minimum atomic E-state index is -3.70. The first-order valence-corrected chi connectivity index (χ1v) is 12.9. The number of methoxy groups -OCH3 is 1. The predicted octanol–water partition coefficient (Wildman–Crippen LogP) is 2.84. The van der Waals surface area contributed by atoms with Crippen LogP contribution in [-0.4, -0.2) is 57.3 Å². The summed E-state index contributed by atoms with van der Waals surface area (Å²) < 4.78 is 32.3. The summed E-state index contributed by atoms with van der Waals surface area (Å²) >= 11 is 0. The minimum Gasteiger partial charge on any atom is -0.496 e. The molecule has 186 valence electrons. The first-order chi connectivity index (χ1) is 16.1. The van der Waals surface area contributed by atoms with Gasteiger partial charge in [-0.1, -0.05) is 52.0 Å². The van der Waals surface area contributed by atoms with Crippen molar-refractivity contribution >= 4 is 21.8 Å². The molecule has 34 heavy (non-hydrogen) atoms. The second-order valence-electron chi connectivity index (χ2n) is 8.17. The number of rotatable bonds is 12. The van der Waals surface area contributed by atoms with Crippen LogP contribution in [0, 0.1) is 5.92 Å². The lowest BCUT2D eigenvalue weighted by Crippen LogP contribution is -2.50. The van der Waals surface area contributed by atoms with E-state index in [9.17, 15) is 18.0 Å². The number of hydrogen-bond acceptors (Lipinski definition) is 5. The Bertz CT molecular complexity index is 1080. The molecule has 8 nitrogen and oxygen atoms in total. The maximum absolute atomic E-state index is 12.9. The monoisotopic (exact) mass is 489 g/mol. The average molecular weight is 490 g/mol. The van der Waals surface area contributed by atoms with Crippen molar-refractivity contribution in [2.24, 2.45) is 5.92 Å². The number of carbonyl (C=O) groups is 2. The van der Waals surface area contributed by atoms with Gasteiger partial charge in [0, 0.05) is 25.2 Å². The molecule has 2 amide bonds. The highest BCUT2D eigenvalue weighted by atomic mass is 32.2. The standard InChI is InChI=1S/C25H35N3O5S/c1-6-28(7-2)34(31,32)21-13-10-12-20(17-21)24(29)27-23(18(3)4)25(30)26-16-15-19-11-8-9-14-22(19)33-5/h8-14,17-18,23H,6-7,15-16H2,1-5H3,(H,26,30)(H,27,29). The van der Waals surface area contributed by atoms with Crippen LogP contribution in [0.4, 0.5) is 0 Å². The van der Waals surface area contributed by atoms with E-state index in [0.717, 1.165) is 11.3 Å². The molecular formula is C25H35N3O5S. The van der Waals surface area contributed by atoms with Crippen molar-refractivity contribution in [3.05, 3.63) is 59.7 Å². The Balaban J connectivity index is 2.09. The summed E-state index contributed by atoms with van der Waals surface area (Å²) in [5.74, 6) is -0.219. The number of para-hydroxylation sites is 1. The molecule has 0 heterocycles. The zero-order valence-electron chi connectivity index (χ0n) is 20.5. The fourth-order valence-corrected chi connectivity index (χ4v) is 5.11. The van der Waals surface area contributed by atoms with Crippen LogP contribution >= 0.6 is 0 Å². The zero-order chi connectivity index (χ0) is 25.3. The topological polar surface area (TPSA) is 105 Å². The van der Waals surface area contributed by atoms with Gasteiger partial charge in [-0.3, -0.25) is 9.59 Å². The molecular weight excluding hydrogens is 454 g/mol. The average Bonchev–Trinajstić information content (AvgIpc) is 2.83. The van der Waals surface area contributed by atoms with E-state index >= 15 is 0 Å². The number of hydrogen-bond donors (Lipinski definition) is 2. The van der Waals surface area contributed by atoms with Crippen molar-refractivity contribution in [3.63, 3.8) is 0 Å². The Labute approximate surface area is 202 Å². The summed E-state index contributed by atoms with van der Waals surface area (Å²) in [6.45, 7) is 8.25. The quantitative estimate of drug-likeness (QED) is 0.477. The molecule has 0 radical (unpaired) electrons.